The lowest BCUT2D eigenvalue weighted by Gasteiger charge is -2.27. The molecule has 1 atom stereocenters. The van der Waals surface area contributed by atoms with E-state index < -0.39 is 11.4 Å². The summed E-state index contributed by atoms with van der Waals surface area (Å²) in [6.07, 6.45) is 4.23. The topological polar surface area (TPSA) is 60.9 Å². The van der Waals surface area contributed by atoms with Crippen LogP contribution >= 0.6 is 0 Å². The van der Waals surface area contributed by atoms with E-state index in [4.69, 9.17) is 0 Å². The standard InChI is InChI=1S/C13H22N2O3/c1-3-6-13(11(16)17)7-8-15(9-13)12(18)14(2)10-4-5-10/h10H,3-9H2,1-2H3,(H,16,17). The number of nitrogens with zero attached hydrogens (tertiary/aromatic N) is 2. The van der Waals surface area contributed by atoms with Crippen LogP contribution in [0.2, 0.25) is 0 Å². The van der Waals surface area contributed by atoms with Crippen molar-refractivity contribution in [2.24, 2.45) is 5.41 Å². The average Bonchev–Trinajstić information content (AvgIpc) is 3.09. The molecule has 0 spiro atoms. The Morgan fingerprint density at radius 2 is 2.11 bits per heavy atom. The molecule has 0 aromatic rings. The van der Waals surface area contributed by atoms with Gasteiger partial charge in [-0.3, -0.25) is 4.79 Å². The van der Waals surface area contributed by atoms with Crippen molar-refractivity contribution in [3.63, 3.8) is 0 Å². The Kier molecular flexibility index (Phi) is 3.50. The first-order chi connectivity index (χ1) is 8.50. The molecule has 2 rings (SSSR count). The van der Waals surface area contributed by atoms with Gasteiger partial charge in [0.25, 0.3) is 0 Å². The van der Waals surface area contributed by atoms with Gasteiger partial charge in [-0.25, -0.2) is 4.79 Å². The molecule has 102 valence electrons. The Balaban J connectivity index is 2.01. The minimum atomic E-state index is -0.756. The van der Waals surface area contributed by atoms with Crippen LogP contribution in [-0.4, -0.2) is 53.1 Å². The van der Waals surface area contributed by atoms with Crippen molar-refractivity contribution >= 4 is 12.0 Å². The molecule has 18 heavy (non-hydrogen) atoms. The Bertz CT molecular complexity index is 354. The Morgan fingerprint density at radius 1 is 1.44 bits per heavy atom. The highest BCUT2D eigenvalue weighted by Gasteiger charge is 2.46. The Morgan fingerprint density at radius 3 is 2.61 bits per heavy atom. The SMILES string of the molecule is CCCC1(C(=O)O)CCN(C(=O)N(C)C2CC2)C1. The summed E-state index contributed by atoms with van der Waals surface area (Å²) < 4.78 is 0. The summed E-state index contributed by atoms with van der Waals surface area (Å²) >= 11 is 0. The van der Waals surface area contributed by atoms with Gasteiger partial charge in [0.1, 0.15) is 0 Å². The minimum absolute atomic E-state index is 0.00303. The van der Waals surface area contributed by atoms with Gasteiger partial charge in [0.2, 0.25) is 0 Å². The first-order valence-corrected chi connectivity index (χ1v) is 6.75. The van der Waals surface area contributed by atoms with Crippen LogP contribution < -0.4 is 0 Å². The molecule has 0 radical (unpaired) electrons. The highest BCUT2D eigenvalue weighted by Crippen LogP contribution is 2.36. The third-order valence-electron chi connectivity index (χ3n) is 4.20. The van der Waals surface area contributed by atoms with Crippen molar-refractivity contribution in [2.45, 2.75) is 45.1 Å². The molecular weight excluding hydrogens is 232 g/mol. The minimum Gasteiger partial charge on any atom is -0.481 e. The van der Waals surface area contributed by atoms with Crippen LogP contribution in [0, 0.1) is 5.41 Å². The van der Waals surface area contributed by atoms with Gasteiger partial charge in [-0.2, -0.15) is 0 Å². The Labute approximate surface area is 108 Å². The van der Waals surface area contributed by atoms with Crippen LogP contribution in [0.15, 0.2) is 0 Å². The first kappa shape index (κ1) is 13.2. The summed E-state index contributed by atoms with van der Waals surface area (Å²) in [7, 11) is 1.82. The molecule has 1 saturated carbocycles. The lowest BCUT2D eigenvalue weighted by atomic mass is 9.83. The highest BCUT2D eigenvalue weighted by molar-refractivity contribution is 5.80. The summed E-state index contributed by atoms with van der Waals surface area (Å²) in [5.74, 6) is -0.756. The van der Waals surface area contributed by atoms with Crippen LogP contribution in [0.4, 0.5) is 4.79 Å². The molecule has 1 unspecified atom stereocenters. The second-order valence-corrected chi connectivity index (χ2v) is 5.63. The second kappa shape index (κ2) is 4.78. The molecule has 1 heterocycles. The zero-order chi connectivity index (χ0) is 13.3. The summed E-state index contributed by atoms with van der Waals surface area (Å²) in [4.78, 5) is 27.1. The summed E-state index contributed by atoms with van der Waals surface area (Å²) in [5, 5.41) is 9.40. The van der Waals surface area contributed by atoms with Crippen LogP contribution in [0.5, 0.6) is 0 Å². The molecule has 2 amide bonds. The predicted octanol–water partition coefficient (Wildman–Crippen LogP) is 1.78. The van der Waals surface area contributed by atoms with E-state index in [1.807, 2.05) is 14.0 Å². The number of carbonyl (C=O) groups excluding carboxylic acids is 1. The van der Waals surface area contributed by atoms with Gasteiger partial charge in [0.15, 0.2) is 0 Å². The molecule has 1 N–H and O–H groups in total. The van der Waals surface area contributed by atoms with E-state index in [1.165, 1.54) is 0 Å². The number of carboxylic acid groups (broad SMARTS) is 1. The zero-order valence-corrected chi connectivity index (χ0v) is 11.2. The second-order valence-electron chi connectivity index (χ2n) is 5.63. The number of amides is 2. The van der Waals surface area contributed by atoms with Gasteiger partial charge in [-0.1, -0.05) is 13.3 Å². The number of urea groups is 1. The summed E-state index contributed by atoms with van der Waals surface area (Å²) in [6.45, 7) is 2.93. The van der Waals surface area contributed by atoms with Gasteiger partial charge >= 0.3 is 12.0 Å². The van der Waals surface area contributed by atoms with Crippen molar-refractivity contribution < 1.29 is 14.7 Å². The molecule has 0 aromatic heterocycles. The number of aliphatic carboxylic acids is 1. The number of rotatable bonds is 4. The fourth-order valence-electron chi connectivity index (χ4n) is 2.84. The number of hydrogen-bond donors (Lipinski definition) is 1. The molecular formula is C13H22N2O3. The van der Waals surface area contributed by atoms with Crippen molar-refractivity contribution in [2.75, 3.05) is 20.1 Å². The fraction of sp³-hybridized carbons (Fsp3) is 0.846. The molecule has 2 fully saturated rings. The van der Waals surface area contributed by atoms with Crippen molar-refractivity contribution in [3.8, 4) is 0 Å². The van der Waals surface area contributed by atoms with Crippen LogP contribution in [0.3, 0.4) is 0 Å². The van der Waals surface area contributed by atoms with E-state index in [1.54, 1.807) is 9.80 Å². The van der Waals surface area contributed by atoms with Crippen molar-refractivity contribution in [1.82, 2.24) is 9.80 Å². The monoisotopic (exact) mass is 254 g/mol. The maximum Gasteiger partial charge on any atom is 0.320 e. The van der Waals surface area contributed by atoms with Crippen LogP contribution in [0.1, 0.15) is 39.0 Å². The largest absolute Gasteiger partial charge is 0.481 e. The average molecular weight is 254 g/mol. The Hall–Kier alpha value is -1.26. The quantitative estimate of drug-likeness (QED) is 0.831. The van der Waals surface area contributed by atoms with E-state index in [-0.39, 0.29) is 6.03 Å². The number of carboxylic acids is 1. The summed E-state index contributed by atoms with van der Waals surface area (Å²) in [6, 6.07) is 0.375. The van der Waals surface area contributed by atoms with E-state index in [2.05, 4.69) is 0 Å². The van der Waals surface area contributed by atoms with E-state index >= 15 is 0 Å². The lowest BCUT2D eigenvalue weighted by Crippen LogP contribution is -2.43. The molecule has 0 bridgehead atoms. The zero-order valence-electron chi connectivity index (χ0n) is 11.2. The summed E-state index contributed by atoms with van der Waals surface area (Å²) in [5.41, 5.74) is -0.713. The van der Waals surface area contributed by atoms with E-state index in [0.717, 1.165) is 19.3 Å². The van der Waals surface area contributed by atoms with E-state index in [0.29, 0.717) is 32.0 Å². The highest BCUT2D eigenvalue weighted by atomic mass is 16.4. The van der Waals surface area contributed by atoms with Gasteiger partial charge in [0, 0.05) is 26.2 Å². The molecule has 5 nitrogen and oxygen atoms in total. The molecule has 1 saturated heterocycles. The normalized spacial score (nSPS) is 27.3. The smallest absolute Gasteiger partial charge is 0.320 e. The number of hydrogen-bond acceptors (Lipinski definition) is 2. The maximum absolute atomic E-state index is 12.2. The molecule has 1 aliphatic carbocycles. The van der Waals surface area contributed by atoms with Gasteiger partial charge in [0.05, 0.1) is 5.41 Å². The van der Waals surface area contributed by atoms with Gasteiger partial charge in [-0.15, -0.1) is 0 Å². The van der Waals surface area contributed by atoms with Crippen molar-refractivity contribution in [1.29, 1.82) is 0 Å². The molecule has 5 heteroatoms. The predicted molar refractivity (Wildman–Crippen MR) is 67.3 cm³/mol. The lowest BCUT2D eigenvalue weighted by molar-refractivity contribution is -0.148. The van der Waals surface area contributed by atoms with Crippen molar-refractivity contribution in [3.05, 3.63) is 0 Å². The fourth-order valence-corrected chi connectivity index (χ4v) is 2.84. The third kappa shape index (κ3) is 2.31. The van der Waals surface area contributed by atoms with Crippen LogP contribution in [-0.2, 0) is 4.79 Å². The molecule has 0 aromatic carbocycles. The third-order valence-corrected chi connectivity index (χ3v) is 4.20. The number of carbonyl (C=O) groups is 2. The molecule has 1 aliphatic heterocycles. The molecule has 2 aliphatic rings. The number of likely N-dealkylation sites (tertiary alicyclic amines) is 1. The first-order valence-electron chi connectivity index (χ1n) is 6.75. The van der Waals surface area contributed by atoms with Gasteiger partial charge < -0.3 is 14.9 Å². The van der Waals surface area contributed by atoms with E-state index in [9.17, 15) is 14.7 Å². The van der Waals surface area contributed by atoms with Crippen LogP contribution in [0.25, 0.3) is 0 Å². The maximum atomic E-state index is 12.2. The van der Waals surface area contributed by atoms with Gasteiger partial charge in [-0.05, 0) is 25.7 Å².